The van der Waals surface area contributed by atoms with E-state index in [9.17, 15) is 4.79 Å². The maximum atomic E-state index is 11.1. The van der Waals surface area contributed by atoms with Gasteiger partial charge < -0.3 is 5.32 Å². The summed E-state index contributed by atoms with van der Waals surface area (Å²) in [6.07, 6.45) is 0. The fourth-order valence-corrected chi connectivity index (χ4v) is 2.19. The summed E-state index contributed by atoms with van der Waals surface area (Å²) in [6.45, 7) is 3.41. The highest BCUT2D eigenvalue weighted by Crippen LogP contribution is 2.21. The summed E-state index contributed by atoms with van der Waals surface area (Å²) in [6, 6.07) is 11.1. The third-order valence-electron chi connectivity index (χ3n) is 3.09. The van der Waals surface area contributed by atoms with Gasteiger partial charge in [0.15, 0.2) is 0 Å². The van der Waals surface area contributed by atoms with Crippen molar-refractivity contribution in [1.29, 1.82) is 0 Å². The van der Waals surface area contributed by atoms with Crippen LogP contribution in [0.25, 0.3) is 16.7 Å². The monoisotopic (exact) mass is 300 g/mol. The third kappa shape index (κ3) is 2.73. The fourth-order valence-electron chi connectivity index (χ4n) is 2.02. The summed E-state index contributed by atoms with van der Waals surface area (Å²) in [4.78, 5) is 12.6. The molecule has 0 saturated heterocycles. The second kappa shape index (κ2) is 5.18. The molecule has 0 spiro atoms. The van der Waals surface area contributed by atoms with E-state index in [2.05, 4.69) is 15.5 Å². The molecule has 1 heterocycles. The average molecular weight is 301 g/mol. The summed E-state index contributed by atoms with van der Waals surface area (Å²) in [5, 5.41) is 12.2. The van der Waals surface area contributed by atoms with Crippen LogP contribution in [0.2, 0.25) is 5.02 Å². The van der Waals surface area contributed by atoms with E-state index in [1.54, 1.807) is 12.1 Å². The van der Waals surface area contributed by atoms with Crippen molar-refractivity contribution in [2.45, 2.75) is 13.8 Å². The topological polar surface area (TPSA) is 59.8 Å². The highest BCUT2D eigenvalue weighted by Gasteiger charge is 2.07. The number of hydrogen-bond acceptors (Lipinski definition) is 3. The van der Waals surface area contributed by atoms with Crippen molar-refractivity contribution in [1.82, 2.24) is 15.0 Å². The molecule has 1 N–H and O–H groups in total. The Hall–Kier alpha value is -2.40. The van der Waals surface area contributed by atoms with Crippen LogP contribution in [0.15, 0.2) is 36.4 Å². The maximum absolute atomic E-state index is 11.1. The van der Waals surface area contributed by atoms with Gasteiger partial charge in [0, 0.05) is 17.6 Å². The first-order valence-electron chi connectivity index (χ1n) is 6.44. The number of nitrogens with zero attached hydrogens (tertiary/aromatic N) is 3. The quantitative estimate of drug-likeness (QED) is 0.789. The minimum atomic E-state index is -0.118. The second-order valence-corrected chi connectivity index (χ2v) is 5.21. The molecule has 0 bridgehead atoms. The minimum Gasteiger partial charge on any atom is -0.326 e. The summed E-state index contributed by atoms with van der Waals surface area (Å²) in [7, 11) is 0. The summed E-state index contributed by atoms with van der Waals surface area (Å²) in [5.74, 6) is -0.118. The molecular formula is C15H13ClN4O. The second-order valence-electron chi connectivity index (χ2n) is 4.81. The highest BCUT2D eigenvalue weighted by atomic mass is 35.5. The third-order valence-corrected chi connectivity index (χ3v) is 3.49. The van der Waals surface area contributed by atoms with Gasteiger partial charge in [-0.15, -0.1) is 10.2 Å². The number of carbonyl (C=O) groups is 1. The van der Waals surface area contributed by atoms with Gasteiger partial charge in [-0.05, 0) is 42.8 Å². The molecular weight excluding hydrogens is 288 g/mol. The van der Waals surface area contributed by atoms with Crippen LogP contribution in [-0.4, -0.2) is 20.9 Å². The molecule has 1 aromatic heterocycles. The summed E-state index contributed by atoms with van der Waals surface area (Å²) < 4.78 is 0. The number of aryl methyl sites for hydroxylation is 1. The Morgan fingerprint density at radius 1 is 1.14 bits per heavy atom. The van der Waals surface area contributed by atoms with Crippen LogP contribution in [0.5, 0.6) is 0 Å². The first-order chi connectivity index (χ1) is 10.0. The van der Waals surface area contributed by atoms with Crippen molar-refractivity contribution < 1.29 is 4.79 Å². The first kappa shape index (κ1) is 13.6. The van der Waals surface area contributed by atoms with E-state index >= 15 is 0 Å². The standard InChI is InChI=1S/C15H13ClN4O/c1-9-3-5-12(8-13(9)16)20-18-14-6-4-11(17-10(2)21)7-15(14)19-20/h3-8H,1-2H3,(H,17,21). The molecule has 1 amide bonds. The van der Waals surface area contributed by atoms with Crippen LogP contribution >= 0.6 is 11.6 Å². The van der Waals surface area contributed by atoms with Gasteiger partial charge in [0.2, 0.25) is 5.91 Å². The van der Waals surface area contributed by atoms with Crippen LogP contribution in [-0.2, 0) is 4.79 Å². The van der Waals surface area contributed by atoms with E-state index in [4.69, 9.17) is 11.6 Å². The molecule has 0 aliphatic heterocycles. The zero-order chi connectivity index (χ0) is 15.0. The Bertz CT molecular complexity index is 841. The molecule has 0 radical (unpaired) electrons. The lowest BCUT2D eigenvalue weighted by Gasteiger charge is -2.01. The Balaban J connectivity index is 2.04. The Morgan fingerprint density at radius 3 is 2.62 bits per heavy atom. The molecule has 0 atom stereocenters. The van der Waals surface area contributed by atoms with Crippen molar-refractivity contribution in [3.05, 3.63) is 47.0 Å². The van der Waals surface area contributed by atoms with Gasteiger partial charge in [-0.2, -0.15) is 4.80 Å². The number of hydrogen-bond donors (Lipinski definition) is 1. The van der Waals surface area contributed by atoms with E-state index in [1.807, 2.05) is 31.2 Å². The Labute approximate surface area is 126 Å². The number of rotatable bonds is 2. The summed E-state index contributed by atoms with van der Waals surface area (Å²) in [5.41, 5.74) is 3.95. The molecule has 5 nitrogen and oxygen atoms in total. The molecule has 21 heavy (non-hydrogen) atoms. The van der Waals surface area contributed by atoms with Crippen LogP contribution in [0.1, 0.15) is 12.5 Å². The van der Waals surface area contributed by atoms with Crippen LogP contribution < -0.4 is 5.32 Å². The maximum Gasteiger partial charge on any atom is 0.221 e. The number of nitrogens with one attached hydrogen (secondary N) is 1. The number of anilines is 1. The van der Waals surface area contributed by atoms with Crippen molar-refractivity contribution in [3.63, 3.8) is 0 Å². The zero-order valence-corrected chi connectivity index (χ0v) is 12.3. The molecule has 0 aliphatic carbocycles. The number of fused-ring (bicyclic) bond motifs is 1. The molecule has 0 unspecified atom stereocenters. The van der Waals surface area contributed by atoms with E-state index in [0.29, 0.717) is 16.2 Å². The average Bonchev–Trinajstić information content (AvgIpc) is 2.84. The molecule has 3 rings (SSSR count). The highest BCUT2D eigenvalue weighted by molar-refractivity contribution is 6.31. The SMILES string of the molecule is CC(=O)Nc1ccc2nn(-c3ccc(C)c(Cl)c3)nc2c1. The lowest BCUT2D eigenvalue weighted by Crippen LogP contribution is -2.05. The van der Waals surface area contributed by atoms with Gasteiger partial charge in [-0.25, -0.2) is 0 Å². The van der Waals surface area contributed by atoms with Gasteiger partial charge in [-0.3, -0.25) is 4.79 Å². The van der Waals surface area contributed by atoms with Crippen LogP contribution in [0, 0.1) is 6.92 Å². The van der Waals surface area contributed by atoms with Crippen LogP contribution in [0.3, 0.4) is 0 Å². The molecule has 0 fully saturated rings. The number of aromatic nitrogens is 3. The normalized spacial score (nSPS) is 10.8. The van der Waals surface area contributed by atoms with Crippen LogP contribution in [0.4, 0.5) is 5.69 Å². The van der Waals surface area contributed by atoms with Gasteiger partial charge >= 0.3 is 0 Å². The predicted molar refractivity (Wildman–Crippen MR) is 82.9 cm³/mol. The lowest BCUT2D eigenvalue weighted by atomic mass is 10.2. The molecule has 6 heteroatoms. The molecule has 0 aliphatic rings. The molecule has 106 valence electrons. The number of halogens is 1. The fraction of sp³-hybridized carbons (Fsp3) is 0.133. The van der Waals surface area contributed by atoms with E-state index < -0.39 is 0 Å². The Morgan fingerprint density at radius 2 is 1.90 bits per heavy atom. The van der Waals surface area contributed by atoms with Crippen molar-refractivity contribution in [2.24, 2.45) is 0 Å². The van der Waals surface area contributed by atoms with E-state index in [0.717, 1.165) is 16.8 Å². The van der Waals surface area contributed by atoms with Crippen molar-refractivity contribution in [2.75, 3.05) is 5.32 Å². The molecule has 0 saturated carbocycles. The molecule has 2 aromatic carbocycles. The lowest BCUT2D eigenvalue weighted by molar-refractivity contribution is -0.114. The smallest absolute Gasteiger partial charge is 0.221 e. The van der Waals surface area contributed by atoms with Gasteiger partial charge in [0.05, 0.1) is 5.69 Å². The Kier molecular flexibility index (Phi) is 3.35. The predicted octanol–water partition coefficient (Wildman–Crippen LogP) is 3.34. The number of benzene rings is 2. The van der Waals surface area contributed by atoms with Gasteiger partial charge in [0.1, 0.15) is 11.0 Å². The molecule has 3 aromatic rings. The minimum absolute atomic E-state index is 0.118. The van der Waals surface area contributed by atoms with E-state index in [-0.39, 0.29) is 5.91 Å². The number of amides is 1. The van der Waals surface area contributed by atoms with Crippen molar-refractivity contribution in [3.8, 4) is 5.69 Å². The van der Waals surface area contributed by atoms with Gasteiger partial charge in [0.25, 0.3) is 0 Å². The van der Waals surface area contributed by atoms with Crippen molar-refractivity contribution >= 4 is 34.2 Å². The van der Waals surface area contributed by atoms with E-state index in [1.165, 1.54) is 11.7 Å². The van der Waals surface area contributed by atoms with Gasteiger partial charge in [-0.1, -0.05) is 17.7 Å². The summed E-state index contributed by atoms with van der Waals surface area (Å²) >= 11 is 6.13. The zero-order valence-electron chi connectivity index (χ0n) is 11.6. The first-order valence-corrected chi connectivity index (χ1v) is 6.82. The number of carbonyl (C=O) groups excluding carboxylic acids is 1. The largest absolute Gasteiger partial charge is 0.326 e.